The van der Waals surface area contributed by atoms with Crippen LogP contribution in [0.1, 0.15) is 10.5 Å². The Labute approximate surface area is 111 Å². The molecule has 2 N–H and O–H groups in total. The molecule has 0 spiro atoms. The number of aromatic carboxylic acids is 1. The zero-order chi connectivity index (χ0) is 13.4. The summed E-state index contributed by atoms with van der Waals surface area (Å²) in [6.45, 7) is 0. The molecule has 0 atom stereocenters. The molecular weight excluding hydrogens is 266 g/mol. The average molecular weight is 275 g/mol. The van der Waals surface area contributed by atoms with Crippen LogP contribution in [0.25, 0.3) is 20.9 Å². The molecule has 7 heteroatoms. The Bertz CT molecular complexity index is 763. The molecule has 0 aliphatic carbocycles. The summed E-state index contributed by atoms with van der Waals surface area (Å²) in [6.07, 6.45) is 1.35. The summed E-state index contributed by atoms with van der Waals surface area (Å²) in [4.78, 5) is 22.0. The van der Waals surface area contributed by atoms with E-state index in [1.807, 2.05) is 18.2 Å². The fraction of sp³-hybridized carbons (Fsp3) is 0.0833. The molecule has 0 saturated carbocycles. The highest BCUT2D eigenvalue weighted by molar-refractivity contribution is 7.21. The van der Waals surface area contributed by atoms with Crippen molar-refractivity contribution in [2.24, 2.45) is 0 Å². The third-order valence-electron chi connectivity index (χ3n) is 2.65. The van der Waals surface area contributed by atoms with Gasteiger partial charge in [-0.25, -0.2) is 14.8 Å². The lowest BCUT2D eigenvalue weighted by atomic mass is 10.3. The second kappa shape index (κ2) is 4.36. The molecule has 0 aliphatic heterocycles. The van der Waals surface area contributed by atoms with Gasteiger partial charge >= 0.3 is 5.97 Å². The molecule has 6 nitrogen and oxygen atoms in total. The first-order valence-corrected chi connectivity index (χ1v) is 6.22. The minimum atomic E-state index is -1.08. The number of carbonyl (C=O) groups is 1. The number of carboxylic acids is 1. The summed E-state index contributed by atoms with van der Waals surface area (Å²) in [5.74, 6) is -0.334. The van der Waals surface area contributed by atoms with Crippen LogP contribution >= 0.6 is 11.3 Å². The number of imidazole rings is 1. The number of rotatable bonds is 3. The third-order valence-corrected chi connectivity index (χ3v) is 3.69. The summed E-state index contributed by atoms with van der Waals surface area (Å²) < 4.78 is 6.08. The number of thiazole rings is 1. The number of benzene rings is 1. The van der Waals surface area contributed by atoms with E-state index in [1.165, 1.54) is 17.7 Å². The second-order valence-corrected chi connectivity index (χ2v) is 4.81. The van der Waals surface area contributed by atoms with E-state index in [1.54, 1.807) is 7.11 Å². The average Bonchev–Trinajstić information content (AvgIpc) is 3.03. The minimum Gasteiger partial charge on any atom is -0.497 e. The van der Waals surface area contributed by atoms with E-state index in [0.717, 1.165) is 16.0 Å². The lowest BCUT2D eigenvalue weighted by Crippen LogP contribution is -1.98. The maximum Gasteiger partial charge on any atom is 0.356 e. The highest BCUT2D eigenvalue weighted by Crippen LogP contribution is 2.32. The molecule has 0 aliphatic rings. The Morgan fingerprint density at radius 1 is 1.47 bits per heavy atom. The lowest BCUT2D eigenvalue weighted by molar-refractivity contribution is 0.0692. The van der Waals surface area contributed by atoms with Crippen molar-refractivity contribution in [1.82, 2.24) is 15.0 Å². The number of hydrogen-bond acceptors (Lipinski definition) is 5. The van der Waals surface area contributed by atoms with Crippen molar-refractivity contribution in [2.75, 3.05) is 7.11 Å². The molecule has 0 amide bonds. The van der Waals surface area contributed by atoms with E-state index in [4.69, 9.17) is 9.84 Å². The minimum absolute atomic E-state index is 0.0222. The molecular formula is C12H9N3O3S. The van der Waals surface area contributed by atoms with Crippen LogP contribution in [0.4, 0.5) is 0 Å². The van der Waals surface area contributed by atoms with Crippen molar-refractivity contribution in [1.29, 1.82) is 0 Å². The highest BCUT2D eigenvalue weighted by Gasteiger charge is 2.18. The maximum atomic E-state index is 11.0. The van der Waals surface area contributed by atoms with Gasteiger partial charge in [-0.05, 0) is 18.2 Å². The van der Waals surface area contributed by atoms with Crippen molar-refractivity contribution in [2.45, 2.75) is 0 Å². The number of carboxylic acid groups (broad SMARTS) is 1. The van der Waals surface area contributed by atoms with E-state index in [-0.39, 0.29) is 5.69 Å². The van der Waals surface area contributed by atoms with Gasteiger partial charge in [-0.3, -0.25) is 0 Å². The van der Waals surface area contributed by atoms with Crippen LogP contribution in [-0.2, 0) is 0 Å². The molecule has 2 heterocycles. The van der Waals surface area contributed by atoms with Gasteiger partial charge < -0.3 is 14.8 Å². The second-order valence-electron chi connectivity index (χ2n) is 3.78. The van der Waals surface area contributed by atoms with Crippen molar-refractivity contribution in [3.63, 3.8) is 0 Å². The Morgan fingerprint density at radius 3 is 3.05 bits per heavy atom. The van der Waals surface area contributed by atoms with Gasteiger partial charge in [0.05, 0.1) is 23.7 Å². The van der Waals surface area contributed by atoms with E-state index >= 15 is 0 Å². The largest absolute Gasteiger partial charge is 0.497 e. The Kier molecular flexibility index (Phi) is 2.68. The molecule has 0 bridgehead atoms. The van der Waals surface area contributed by atoms with Crippen LogP contribution < -0.4 is 4.74 Å². The quantitative estimate of drug-likeness (QED) is 0.766. The first kappa shape index (κ1) is 11.7. The Balaban J connectivity index is 2.15. The number of nitrogens with one attached hydrogen (secondary N) is 1. The number of nitrogens with zero attached hydrogens (tertiary/aromatic N) is 2. The van der Waals surface area contributed by atoms with Gasteiger partial charge in [0, 0.05) is 0 Å². The summed E-state index contributed by atoms with van der Waals surface area (Å²) in [7, 11) is 1.60. The smallest absolute Gasteiger partial charge is 0.356 e. The van der Waals surface area contributed by atoms with Gasteiger partial charge in [-0.1, -0.05) is 0 Å². The molecule has 0 saturated heterocycles. The first-order chi connectivity index (χ1) is 9.19. The zero-order valence-electron chi connectivity index (χ0n) is 9.88. The predicted molar refractivity (Wildman–Crippen MR) is 70.7 cm³/mol. The van der Waals surface area contributed by atoms with Gasteiger partial charge in [0.25, 0.3) is 0 Å². The number of fused-ring (bicyclic) bond motifs is 1. The molecule has 3 rings (SSSR count). The summed E-state index contributed by atoms with van der Waals surface area (Å²) >= 11 is 1.39. The number of hydrogen-bond donors (Lipinski definition) is 2. The van der Waals surface area contributed by atoms with Gasteiger partial charge in [-0.15, -0.1) is 11.3 Å². The van der Waals surface area contributed by atoms with Crippen LogP contribution in [-0.4, -0.2) is 33.1 Å². The number of aromatic nitrogens is 3. The molecule has 0 fully saturated rings. The number of H-pyrrole nitrogens is 1. The number of aromatic amines is 1. The first-order valence-electron chi connectivity index (χ1n) is 5.40. The predicted octanol–water partition coefficient (Wildman–Crippen LogP) is 2.39. The Morgan fingerprint density at radius 2 is 2.32 bits per heavy atom. The number of methoxy groups -OCH3 is 1. The van der Waals surface area contributed by atoms with Gasteiger partial charge in [-0.2, -0.15) is 0 Å². The third kappa shape index (κ3) is 1.93. The molecule has 1 aromatic carbocycles. The summed E-state index contributed by atoms with van der Waals surface area (Å²) in [6, 6.07) is 5.52. The molecule has 3 aromatic rings. The van der Waals surface area contributed by atoms with Crippen molar-refractivity contribution < 1.29 is 14.6 Å². The SMILES string of the molecule is COc1ccc2nc(-c3[nH]cnc3C(=O)O)sc2c1. The van der Waals surface area contributed by atoms with Crippen LogP contribution in [0.2, 0.25) is 0 Å². The normalized spacial score (nSPS) is 10.8. The highest BCUT2D eigenvalue weighted by atomic mass is 32.1. The molecule has 0 unspecified atom stereocenters. The van der Waals surface area contributed by atoms with Crippen molar-refractivity contribution >= 4 is 27.5 Å². The van der Waals surface area contributed by atoms with Gasteiger partial charge in [0.2, 0.25) is 0 Å². The fourth-order valence-electron chi connectivity index (χ4n) is 1.76. The summed E-state index contributed by atoms with van der Waals surface area (Å²) in [5, 5.41) is 9.64. The Hall–Kier alpha value is -2.41. The van der Waals surface area contributed by atoms with Gasteiger partial charge in [0.15, 0.2) is 5.69 Å². The van der Waals surface area contributed by atoms with Gasteiger partial charge in [0.1, 0.15) is 16.5 Å². The van der Waals surface area contributed by atoms with Crippen LogP contribution in [0.5, 0.6) is 5.75 Å². The van der Waals surface area contributed by atoms with E-state index in [2.05, 4.69) is 15.0 Å². The van der Waals surface area contributed by atoms with Crippen LogP contribution in [0.3, 0.4) is 0 Å². The molecule has 96 valence electrons. The van der Waals surface area contributed by atoms with Crippen LogP contribution in [0.15, 0.2) is 24.5 Å². The topological polar surface area (TPSA) is 88.1 Å². The monoisotopic (exact) mass is 275 g/mol. The van der Waals surface area contributed by atoms with E-state index < -0.39 is 5.97 Å². The maximum absolute atomic E-state index is 11.0. The molecule has 0 radical (unpaired) electrons. The van der Waals surface area contributed by atoms with E-state index in [0.29, 0.717) is 10.7 Å². The fourth-order valence-corrected chi connectivity index (χ4v) is 2.76. The van der Waals surface area contributed by atoms with Crippen LogP contribution in [0, 0.1) is 0 Å². The number of ether oxygens (including phenoxy) is 1. The summed E-state index contributed by atoms with van der Waals surface area (Å²) in [5.41, 5.74) is 1.20. The standard InChI is InChI=1S/C12H9N3O3S/c1-18-6-2-3-7-8(4-6)19-11(15-7)9-10(12(16)17)14-5-13-9/h2-5H,1H3,(H,13,14)(H,16,17). The van der Waals surface area contributed by atoms with Crippen molar-refractivity contribution in [3.8, 4) is 16.5 Å². The molecule has 2 aromatic heterocycles. The van der Waals surface area contributed by atoms with Crippen molar-refractivity contribution in [3.05, 3.63) is 30.2 Å². The zero-order valence-corrected chi connectivity index (χ0v) is 10.7. The molecule has 19 heavy (non-hydrogen) atoms. The van der Waals surface area contributed by atoms with E-state index in [9.17, 15) is 4.79 Å². The lowest BCUT2D eigenvalue weighted by Gasteiger charge is -1.96.